The molecule has 0 spiro atoms. The van der Waals surface area contributed by atoms with Crippen molar-refractivity contribution < 1.29 is 4.74 Å². The van der Waals surface area contributed by atoms with Crippen LogP contribution in [-0.2, 0) is 11.2 Å². The highest BCUT2D eigenvalue weighted by Crippen LogP contribution is 2.30. The Kier molecular flexibility index (Phi) is 3.97. The second kappa shape index (κ2) is 5.27. The van der Waals surface area contributed by atoms with Crippen LogP contribution in [0, 0.1) is 0 Å². The maximum absolute atomic E-state index is 5.82. The molecule has 2 unspecified atom stereocenters. The quantitative estimate of drug-likeness (QED) is 0.612. The van der Waals surface area contributed by atoms with Crippen LogP contribution in [0.5, 0.6) is 0 Å². The maximum Gasteiger partial charge on any atom is 0.0821 e. The van der Waals surface area contributed by atoms with E-state index in [2.05, 4.69) is 29.9 Å². The molecule has 0 bridgehead atoms. The minimum Gasteiger partial charge on any atom is -0.374 e. The summed E-state index contributed by atoms with van der Waals surface area (Å²) in [7, 11) is 0. The number of thiophene rings is 1. The number of hydrogen-bond acceptors (Lipinski definition) is 4. The Morgan fingerprint density at radius 2 is 2.56 bits per heavy atom. The molecule has 1 aromatic rings. The van der Waals surface area contributed by atoms with Gasteiger partial charge in [0, 0.05) is 11.5 Å². The first kappa shape index (κ1) is 12.0. The number of rotatable bonds is 5. The van der Waals surface area contributed by atoms with Crippen molar-refractivity contribution >= 4 is 11.3 Å². The fourth-order valence-corrected chi connectivity index (χ4v) is 3.11. The van der Waals surface area contributed by atoms with Gasteiger partial charge >= 0.3 is 0 Å². The van der Waals surface area contributed by atoms with Crippen molar-refractivity contribution in [3.63, 3.8) is 0 Å². The van der Waals surface area contributed by atoms with Gasteiger partial charge in [0.15, 0.2) is 0 Å². The molecular weight excluding hydrogens is 220 g/mol. The van der Waals surface area contributed by atoms with Gasteiger partial charge in [-0.3, -0.25) is 11.3 Å². The van der Waals surface area contributed by atoms with Crippen LogP contribution in [0.2, 0.25) is 0 Å². The van der Waals surface area contributed by atoms with Gasteiger partial charge in [-0.15, -0.1) is 11.3 Å². The van der Waals surface area contributed by atoms with Gasteiger partial charge in [-0.05, 0) is 44.1 Å². The van der Waals surface area contributed by atoms with Crippen LogP contribution in [0.25, 0.3) is 0 Å². The van der Waals surface area contributed by atoms with E-state index in [1.54, 1.807) is 0 Å². The van der Waals surface area contributed by atoms with Crippen molar-refractivity contribution in [1.82, 2.24) is 5.43 Å². The first-order valence-electron chi connectivity index (χ1n) is 5.87. The van der Waals surface area contributed by atoms with E-state index in [0.29, 0.717) is 0 Å². The minimum absolute atomic E-state index is 0.0774. The van der Waals surface area contributed by atoms with Crippen molar-refractivity contribution in [2.24, 2.45) is 5.84 Å². The van der Waals surface area contributed by atoms with Crippen LogP contribution in [0.3, 0.4) is 0 Å². The van der Waals surface area contributed by atoms with Gasteiger partial charge in [0.2, 0.25) is 0 Å². The van der Waals surface area contributed by atoms with Gasteiger partial charge in [-0.1, -0.05) is 6.07 Å². The number of hydrazine groups is 1. The second-order valence-corrected chi connectivity index (χ2v) is 5.63. The Morgan fingerprint density at radius 1 is 1.69 bits per heavy atom. The first-order chi connectivity index (χ1) is 7.74. The summed E-state index contributed by atoms with van der Waals surface area (Å²) in [5.74, 6) is 5.65. The van der Waals surface area contributed by atoms with Crippen LogP contribution in [0.1, 0.15) is 31.1 Å². The molecule has 90 valence electrons. The van der Waals surface area contributed by atoms with Gasteiger partial charge < -0.3 is 4.74 Å². The zero-order chi connectivity index (χ0) is 11.4. The molecule has 3 N–H and O–H groups in total. The van der Waals surface area contributed by atoms with Gasteiger partial charge in [0.05, 0.1) is 11.6 Å². The van der Waals surface area contributed by atoms with Crippen molar-refractivity contribution in [2.45, 2.75) is 44.2 Å². The number of aryl methyl sites for hydroxylation is 1. The van der Waals surface area contributed by atoms with E-state index in [1.165, 1.54) is 4.88 Å². The van der Waals surface area contributed by atoms with Crippen LogP contribution in [0.15, 0.2) is 17.5 Å². The van der Waals surface area contributed by atoms with E-state index < -0.39 is 0 Å². The van der Waals surface area contributed by atoms with Crippen LogP contribution < -0.4 is 11.3 Å². The zero-order valence-corrected chi connectivity index (χ0v) is 10.6. The topological polar surface area (TPSA) is 47.3 Å². The molecule has 1 aliphatic heterocycles. The third kappa shape index (κ3) is 2.63. The minimum atomic E-state index is -0.0774. The molecule has 0 saturated carbocycles. The molecule has 0 aliphatic carbocycles. The number of nitrogens with one attached hydrogen (secondary N) is 1. The number of hydrogen-bond donors (Lipinski definition) is 2. The fraction of sp³-hybridized carbons (Fsp3) is 0.667. The smallest absolute Gasteiger partial charge is 0.0821 e. The lowest BCUT2D eigenvalue weighted by Crippen LogP contribution is -2.51. The SMILES string of the molecule is CC1(C(CCc2cccs2)NN)CCCO1. The van der Waals surface area contributed by atoms with Crippen molar-refractivity contribution in [1.29, 1.82) is 0 Å². The summed E-state index contributed by atoms with van der Waals surface area (Å²) in [4.78, 5) is 1.42. The van der Waals surface area contributed by atoms with E-state index in [1.807, 2.05) is 11.3 Å². The summed E-state index contributed by atoms with van der Waals surface area (Å²) in [6.45, 7) is 3.03. The van der Waals surface area contributed by atoms with Gasteiger partial charge in [-0.2, -0.15) is 0 Å². The zero-order valence-electron chi connectivity index (χ0n) is 9.74. The highest BCUT2D eigenvalue weighted by atomic mass is 32.1. The third-order valence-corrected chi connectivity index (χ3v) is 4.38. The van der Waals surface area contributed by atoms with Crippen molar-refractivity contribution in [2.75, 3.05) is 6.61 Å². The molecule has 1 aromatic heterocycles. The molecule has 2 rings (SSSR count). The van der Waals surface area contributed by atoms with Crippen LogP contribution in [-0.4, -0.2) is 18.2 Å². The maximum atomic E-state index is 5.82. The molecule has 2 heterocycles. The summed E-state index contributed by atoms with van der Waals surface area (Å²) in [6.07, 6.45) is 4.36. The normalized spacial score (nSPS) is 27.1. The third-order valence-electron chi connectivity index (χ3n) is 3.45. The number of ether oxygens (including phenoxy) is 1. The lowest BCUT2D eigenvalue weighted by molar-refractivity contribution is -0.0137. The first-order valence-corrected chi connectivity index (χ1v) is 6.75. The Balaban J connectivity index is 1.90. The molecule has 0 radical (unpaired) electrons. The molecule has 4 heteroatoms. The molecule has 1 saturated heterocycles. The van der Waals surface area contributed by atoms with Gasteiger partial charge in [0.1, 0.15) is 0 Å². The Labute approximate surface area is 101 Å². The predicted octanol–water partition coefficient (Wildman–Crippen LogP) is 2.08. The number of nitrogens with two attached hydrogens (primary N) is 1. The highest BCUT2D eigenvalue weighted by Gasteiger charge is 2.37. The lowest BCUT2D eigenvalue weighted by Gasteiger charge is -2.32. The van der Waals surface area contributed by atoms with E-state index in [-0.39, 0.29) is 11.6 Å². The largest absolute Gasteiger partial charge is 0.374 e. The van der Waals surface area contributed by atoms with E-state index in [0.717, 1.165) is 32.3 Å². The van der Waals surface area contributed by atoms with E-state index in [4.69, 9.17) is 10.6 Å². The van der Waals surface area contributed by atoms with Gasteiger partial charge in [0.25, 0.3) is 0 Å². The van der Waals surface area contributed by atoms with E-state index >= 15 is 0 Å². The van der Waals surface area contributed by atoms with E-state index in [9.17, 15) is 0 Å². The van der Waals surface area contributed by atoms with Crippen molar-refractivity contribution in [3.8, 4) is 0 Å². The Hall–Kier alpha value is -0.420. The van der Waals surface area contributed by atoms with Crippen LogP contribution >= 0.6 is 11.3 Å². The van der Waals surface area contributed by atoms with Crippen molar-refractivity contribution in [3.05, 3.63) is 22.4 Å². The molecule has 0 amide bonds. The molecule has 1 aliphatic rings. The summed E-state index contributed by atoms with van der Waals surface area (Å²) in [5, 5.41) is 2.12. The molecule has 16 heavy (non-hydrogen) atoms. The average molecular weight is 240 g/mol. The monoisotopic (exact) mass is 240 g/mol. The second-order valence-electron chi connectivity index (χ2n) is 4.60. The molecule has 0 aromatic carbocycles. The summed E-state index contributed by atoms with van der Waals surface area (Å²) in [5.41, 5.74) is 2.85. The standard InChI is InChI=1S/C12H20N2OS/c1-12(7-3-8-15-12)11(14-13)6-5-10-4-2-9-16-10/h2,4,9,11,14H,3,5-8,13H2,1H3. The molecular formula is C12H20N2OS. The summed E-state index contributed by atoms with van der Waals surface area (Å²) in [6, 6.07) is 4.52. The fourth-order valence-electron chi connectivity index (χ4n) is 2.38. The summed E-state index contributed by atoms with van der Waals surface area (Å²) >= 11 is 1.81. The molecule has 1 fully saturated rings. The van der Waals surface area contributed by atoms with Gasteiger partial charge in [-0.25, -0.2) is 0 Å². The Morgan fingerprint density at radius 3 is 3.12 bits per heavy atom. The average Bonchev–Trinajstić information content (AvgIpc) is 2.91. The molecule has 2 atom stereocenters. The lowest BCUT2D eigenvalue weighted by atomic mass is 9.90. The highest BCUT2D eigenvalue weighted by molar-refractivity contribution is 7.09. The summed E-state index contributed by atoms with van der Waals surface area (Å²) < 4.78 is 5.82. The molecule has 3 nitrogen and oxygen atoms in total. The Bertz CT molecular complexity index is 307. The predicted molar refractivity (Wildman–Crippen MR) is 67.3 cm³/mol. The van der Waals surface area contributed by atoms with Crippen LogP contribution in [0.4, 0.5) is 0 Å².